The summed E-state index contributed by atoms with van der Waals surface area (Å²) in [5.74, 6) is 0.291. The van der Waals surface area contributed by atoms with E-state index in [0.717, 1.165) is 28.6 Å². The zero-order valence-corrected chi connectivity index (χ0v) is 14.3. The van der Waals surface area contributed by atoms with Gasteiger partial charge in [0.25, 0.3) is 0 Å². The predicted molar refractivity (Wildman–Crippen MR) is 83.6 cm³/mol. The molecule has 4 nitrogen and oxygen atoms in total. The fourth-order valence-electron chi connectivity index (χ4n) is 2.17. The molecule has 1 aliphatic heterocycles. The summed E-state index contributed by atoms with van der Waals surface area (Å²) in [6.07, 6.45) is 3.60. The minimum absolute atomic E-state index is 0.231. The van der Waals surface area contributed by atoms with Crippen LogP contribution in [0.25, 0.3) is 0 Å². The summed E-state index contributed by atoms with van der Waals surface area (Å²) in [5, 5.41) is 1.06. The van der Waals surface area contributed by atoms with Crippen molar-refractivity contribution in [2.45, 2.75) is 49.3 Å². The number of aromatic nitrogens is 1. The lowest BCUT2D eigenvalue weighted by molar-refractivity contribution is 0.0198. The molecule has 1 amide bonds. The monoisotopic (exact) mass is 334 g/mol. The van der Waals surface area contributed by atoms with E-state index in [4.69, 9.17) is 15.4 Å². The van der Waals surface area contributed by atoms with Gasteiger partial charge in [-0.2, -0.15) is 0 Å². The number of amides is 1. The Balaban J connectivity index is 1.99. The van der Waals surface area contributed by atoms with Crippen LogP contribution in [0.4, 0.5) is 4.79 Å². The van der Waals surface area contributed by atoms with E-state index in [1.165, 1.54) is 11.0 Å². The maximum absolute atomic E-state index is 12.1. The largest absolute Gasteiger partial charge is 0.444 e. The van der Waals surface area contributed by atoms with E-state index in [9.17, 15) is 4.79 Å². The average molecular weight is 335 g/mol. The number of piperidine rings is 1. The maximum Gasteiger partial charge on any atom is 0.410 e. The second-order valence-electron chi connectivity index (χ2n) is 5.86. The van der Waals surface area contributed by atoms with Gasteiger partial charge in [-0.15, -0.1) is 11.3 Å². The first-order valence-corrected chi connectivity index (χ1v) is 9.07. The molecule has 0 N–H and O–H groups in total. The fraction of sp³-hybridized carbons (Fsp3) is 0.692. The standard InChI is InChI=1S/C13H19ClN2O2S2/c1-13(2,3)18-12(17)16-6-4-5-9(8-16)11-15-7-10(19-11)20-14/h7,9H,4-6,8H2,1-3H3. The minimum atomic E-state index is -0.451. The Morgan fingerprint density at radius 1 is 1.60 bits per heavy atom. The number of likely N-dealkylation sites (tertiary alicyclic amines) is 1. The van der Waals surface area contributed by atoms with Crippen molar-refractivity contribution in [2.24, 2.45) is 0 Å². The van der Waals surface area contributed by atoms with Crippen LogP contribution in [0.2, 0.25) is 0 Å². The van der Waals surface area contributed by atoms with Gasteiger partial charge in [0.15, 0.2) is 0 Å². The molecule has 2 rings (SSSR count). The van der Waals surface area contributed by atoms with Crippen molar-refractivity contribution >= 4 is 39.1 Å². The highest BCUT2D eigenvalue weighted by molar-refractivity contribution is 8.22. The quantitative estimate of drug-likeness (QED) is 0.798. The molecule has 0 aliphatic carbocycles. The van der Waals surface area contributed by atoms with E-state index in [1.54, 1.807) is 22.4 Å². The molecule has 20 heavy (non-hydrogen) atoms. The molecular weight excluding hydrogens is 316 g/mol. The first-order chi connectivity index (χ1) is 9.39. The molecule has 0 saturated carbocycles. The molecule has 1 unspecified atom stereocenters. The second kappa shape index (κ2) is 6.54. The Kier molecular flexibility index (Phi) is 5.20. The zero-order valence-electron chi connectivity index (χ0n) is 11.9. The van der Waals surface area contributed by atoms with E-state index >= 15 is 0 Å². The molecule has 0 aromatic carbocycles. The van der Waals surface area contributed by atoms with E-state index in [2.05, 4.69) is 4.98 Å². The van der Waals surface area contributed by atoms with Crippen LogP contribution < -0.4 is 0 Å². The molecule has 1 aromatic rings. The Bertz CT molecular complexity index is 473. The third kappa shape index (κ3) is 4.27. The van der Waals surface area contributed by atoms with Crippen molar-refractivity contribution in [3.63, 3.8) is 0 Å². The molecule has 2 heterocycles. The van der Waals surface area contributed by atoms with Crippen molar-refractivity contribution in [3.05, 3.63) is 11.2 Å². The van der Waals surface area contributed by atoms with Gasteiger partial charge in [0, 0.05) is 19.0 Å². The highest BCUT2D eigenvalue weighted by atomic mass is 35.7. The van der Waals surface area contributed by atoms with E-state index < -0.39 is 5.60 Å². The lowest BCUT2D eigenvalue weighted by Gasteiger charge is -2.33. The van der Waals surface area contributed by atoms with Crippen LogP contribution in [0.5, 0.6) is 0 Å². The third-order valence-corrected chi connectivity index (χ3v) is 5.49. The predicted octanol–water partition coefficient (Wildman–Crippen LogP) is 4.50. The molecule has 1 fully saturated rings. The number of carbonyl (C=O) groups excluding carboxylic acids is 1. The second-order valence-corrected chi connectivity index (χ2v) is 8.24. The van der Waals surface area contributed by atoms with Gasteiger partial charge in [-0.3, -0.25) is 0 Å². The van der Waals surface area contributed by atoms with Crippen molar-refractivity contribution < 1.29 is 9.53 Å². The molecule has 112 valence electrons. The van der Waals surface area contributed by atoms with Crippen molar-refractivity contribution in [1.29, 1.82) is 0 Å². The number of carbonyl (C=O) groups is 1. The molecule has 0 radical (unpaired) electrons. The van der Waals surface area contributed by atoms with Crippen LogP contribution in [0, 0.1) is 0 Å². The SMILES string of the molecule is CC(C)(C)OC(=O)N1CCCC(c2ncc(SCl)s2)C1. The molecule has 1 atom stereocenters. The number of ether oxygens (including phenoxy) is 1. The summed E-state index contributed by atoms with van der Waals surface area (Å²) in [6.45, 7) is 7.09. The van der Waals surface area contributed by atoms with Crippen LogP contribution in [0.3, 0.4) is 0 Å². The lowest BCUT2D eigenvalue weighted by Crippen LogP contribution is -2.42. The summed E-state index contributed by atoms with van der Waals surface area (Å²) >= 11 is 1.61. The van der Waals surface area contributed by atoms with Crippen LogP contribution in [-0.2, 0) is 4.74 Å². The molecular formula is C13H19ClN2O2S2. The van der Waals surface area contributed by atoms with Gasteiger partial charge in [-0.1, -0.05) is 0 Å². The molecule has 7 heteroatoms. The molecule has 1 saturated heterocycles. The number of thiazole rings is 1. The highest BCUT2D eigenvalue weighted by Gasteiger charge is 2.29. The summed E-state index contributed by atoms with van der Waals surface area (Å²) in [6, 6.07) is 0. The summed E-state index contributed by atoms with van der Waals surface area (Å²) in [5.41, 5.74) is -0.451. The fourth-order valence-corrected chi connectivity index (χ4v) is 3.82. The number of hydrogen-bond donors (Lipinski definition) is 0. The van der Waals surface area contributed by atoms with Crippen molar-refractivity contribution in [3.8, 4) is 0 Å². The summed E-state index contributed by atoms with van der Waals surface area (Å²) in [4.78, 5) is 18.3. The average Bonchev–Trinajstić information content (AvgIpc) is 2.85. The van der Waals surface area contributed by atoms with Crippen molar-refractivity contribution in [1.82, 2.24) is 9.88 Å². The van der Waals surface area contributed by atoms with Gasteiger partial charge in [0.2, 0.25) is 0 Å². The van der Waals surface area contributed by atoms with Gasteiger partial charge in [0.05, 0.1) is 15.4 Å². The number of halogens is 1. The zero-order chi connectivity index (χ0) is 14.8. The van der Waals surface area contributed by atoms with Gasteiger partial charge >= 0.3 is 6.09 Å². The lowest BCUT2D eigenvalue weighted by atomic mass is 9.99. The third-order valence-electron chi connectivity index (χ3n) is 3.00. The molecule has 0 bridgehead atoms. The van der Waals surface area contributed by atoms with Crippen LogP contribution >= 0.6 is 33.0 Å². The number of rotatable bonds is 2. The van der Waals surface area contributed by atoms with E-state index in [-0.39, 0.29) is 6.09 Å². The smallest absolute Gasteiger partial charge is 0.410 e. The first-order valence-electron chi connectivity index (χ1n) is 6.61. The normalized spacial score (nSPS) is 20.0. The van der Waals surface area contributed by atoms with Crippen LogP contribution in [0.1, 0.15) is 44.5 Å². The van der Waals surface area contributed by atoms with Crippen molar-refractivity contribution in [2.75, 3.05) is 13.1 Å². The summed E-state index contributed by atoms with van der Waals surface area (Å²) in [7, 11) is 6.93. The minimum Gasteiger partial charge on any atom is -0.444 e. The molecule has 1 aromatic heterocycles. The van der Waals surface area contributed by atoms with Crippen LogP contribution in [0.15, 0.2) is 10.4 Å². The summed E-state index contributed by atoms with van der Waals surface area (Å²) < 4.78 is 6.43. The first kappa shape index (κ1) is 15.9. The number of nitrogens with zero attached hydrogens (tertiary/aromatic N) is 2. The van der Waals surface area contributed by atoms with E-state index in [1.807, 2.05) is 20.8 Å². The van der Waals surface area contributed by atoms with E-state index in [0.29, 0.717) is 12.5 Å². The number of hydrogen-bond acceptors (Lipinski definition) is 5. The molecule has 1 aliphatic rings. The highest BCUT2D eigenvalue weighted by Crippen LogP contribution is 2.35. The molecule has 0 spiro atoms. The Labute approximate surface area is 132 Å². The van der Waals surface area contributed by atoms with Gasteiger partial charge in [-0.25, -0.2) is 9.78 Å². The topological polar surface area (TPSA) is 42.4 Å². The Morgan fingerprint density at radius 2 is 2.35 bits per heavy atom. The van der Waals surface area contributed by atoms with Gasteiger partial charge in [-0.05, 0) is 55.3 Å². The maximum atomic E-state index is 12.1. The Hall–Kier alpha value is -0.460. The van der Waals surface area contributed by atoms with Gasteiger partial charge < -0.3 is 9.64 Å². The van der Waals surface area contributed by atoms with Crippen LogP contribution in [-0.4, -0.2) is 34.7 Å². The van der Waals surface area contributed by atoms with Gasteiger partial charge in [0.1, 0.15) is 5.60 Å². The Morgan fingerprint density at radius 3 is 2.95 bits per heavy atom.